The average Bonchev–Trinajstić information content (AvgIpc) is 2.42. The Morgan fingerprint density at radius 2 is 1.90 bits per heavy atom. The summed E-state index contributed by atoms with van der Waals surface area (Å²) in [6.45, 7) is 5.85. The number of nitrogens with one attached hydrogen (secondary N) is 2. The number of nitrogens with zero attached hydrogens (tertiary/aromatic N) is 1. The molecule has 0 bridgehead atoms. The monoisotopic (exact) mass is 299 g/mol. The highest BCUT2D eigenvalue weighted by molar-refractivity contribution is 5.92. The van der Waals surface area contributed by atoms with E-state index in [0.29, 0.717) is 12.6 Å². The van der Waals surface area contributed by atoms with Crippen LogP contribution in [-0.2, 0) is 4.79 Å². The maximum absolute atomic E-state index is 13.3. The lowest BCUT2D eigenvalue weighted by Gasteiger charge is -2.20. The van der Waals surface area contributed by atoms with Gasteiger partial charge in [0, 0.05) is 6.04 Å². The standard InChI is InChI=1S/C15H23F2N3O/c1-11(2)20(3)9-5-8-18-10-14(21)19-15-12(16)6-4-7-13(15)17/h4,6-7,11,18H,5,8-10H2,1-3H3,(H,19,21). The molecular formula is C15H23F2N3O. The smallest absolute Gasteiger partial charge is 0.238 e. The second-order valence-electron chi connectivity index (χ2n) is 5.25. The second kappa shape index (κ2) is 8.69. The first-order valence-corrected chi connectivity index (χ1v) is 7.06. The number of benzene rings is 1. The first-order chi connectivity index (χ1) is 9.91. The highest BCUT2D eigenvalue weighted by Gasteiger charge is 2.11. The quantitative estimate of drug-likeness (QED) is 0.724. The van der Waals surface area contributed by atoms with Gasteiger partial charge in [-0.25, -0.2) is 8.78 Å². The van der Waals surface area contributed by atoms with Gasteiger partial charge < -0.3 is 15.5 Å². The molecule has 118 valence electrons. The van der Waals surface area contributed by atoms with E-state index in [2.05, 4.69) is 29.4 Å². The first kappa shape index (κ1) is 17.5. The van der Waals surface area contributed by atoms with Crippen LogP contribution in [0.1, 0.15) is 20.3 Å². The summed E-state index contributed by atoms with van der Waals surface area (Å²) in [4.78, 5) is 13.8. The van der Waals surface area contributed by atoms with Crippen LogP contribution in [0.15, 0.2) is 18.2 Å². The molecular weight excluding hydrogens is 276 g/mol. The lowest BCUT2D eigenvalue weighted by molar-refractivity contribution is -0.115. The highest BCUT2D eigenvalue weighted by Crippen LogP contribution is 2.17. The lowest BCUT2D eigenvalue weighted by Crippen LogP contribution is -2.32. The number of hydrogen-bond donors (Lipinski definition) is 2. The van der Waals surface area contributed by atoms with Crippen LogP contribution >= 0.6 is 0 Å². The van der Waals surface area contributed by atoms with Crippen molar-refractivity contribution >= 4 is 11.6 Å². The van der Waals surface area contributed by atoms with Crippen molar-refractivity contribution in [2.45, 2.75) is 26.3 Å². The summed E-state index contributed by atoms with van der Waals surface area (Å²) in [5, 5.41) is 5.19. The Morgan fingerprint density at radius 3 is 2.48 bits per heavy atom. The molecule has 1 amide bonds. The van der Waals surface area contributed by atoms with E-state index in [9.17, 15) is 13.6 Å². The molecule has 0 saturated heterocycles. The molecule has 0 aliphatic carbocycles. The topological polar surface area (TPSA) is 44.4 Å². The first-order valence-electron chi connectivity index (χ1n) is 7.06. The third kappa shape index (κ3) is 6.18. The normalized spacial score (nSPS) is 11.2. The minimum atomic E-state index is -0.776. The molecule has 1 aromatic rings. The van der Waals surface area contributed by atoms with Crippen molar-refractivity contribution in [3.05, 3.63) is 29.8 Å². The van der Waals surface area contributed by atoms with Crippen molar-refractivity contribution in [2.24, 2.45) is 0 Å². The van der Waals surface area contributed by atoms with E-state index in [1.54, 1.807) is 0 Å². The molecule has 1 aromatic carbocycles. The summed E-state index contributed by atoms with van der Waals surface area (Å²) in [5.41, 5.74) is -0.399. The maximum Gasteiger partial charge on any atom is 0.238 e. The molecule has 1 rings (SSSR count). The molecule has 21 heavy (non-hydrogen) atoms. The van der Waals surface area contributed by atoms with Crippen molar-refractivity contribution in [3.63, 3.8) is 0 Å². The van der Waals surface area contributed by atoms with Crippen LogP contribution in [0.3, 0.4) is 0 Å². The third-order valence-corrected chi connectivity index (χ3v) is 3.26. The zero-order valence-electron chi connectivity index (χ0n) is 12.7. The van der Waals surface area contributed by atoms with Crippen LogP contribution in [0.25, 0.3) is 0 Å². The minimum Gasteiger partial charge on any atom is -0.320 e. The van der Waals surface area contributed by atoms with E-state index in [4.69, 9.17) is 0 Å². The van der Waals surface area contributed by atoms with E-state index < -0.39 is 23.2 Å². The molecule has 0 aliphatic heterocycles. The van der Waals surface area contributed by atoms with Gasteiger partial charge in [-0.1, -0.05) is 6.07 Å². The van der Waals surface area contributed by atoms with Gasteiger partial charge in [0.25, 0.3) is 0 Å². The number of carbonyl (C=O) groups is 1. The maximum atomic E-state index is 13.3. The number of anilines is 1. The summed E-state index contributed by atoms with van der Waals surface area (Å²) in [7, 11) is 2.04. The molecule has 0 atom stereocenters. The number of amides is 1. The number of rotatable bonds is 8. The van der Waals surface area contributed by atoms with E-state index in [1.165, 1.54) is 6.07 Å². The zero-order chi connectivity index (χ0) is 15.8. The summed E-state index contributed by atoms with van der Waals surface area (Å²) in [6, 6.07) is 3.95. The Labute approximate surface area is 124 Å². The predicted octanol–water partition coefficient (Wildman–Crippen LogP) is 2.22. The zero-order valence-corrected chi connectivity index (χ0v) is 12.7. The van der Waals surface area contributed by atoms with Crippen LogP contribution in [0.5, 0.6) is 0 Å². The number of hydrogen-bond acceptors (Lipinski definition) is 3. The number of para-hydroxylation sites is 1. The van der Waals surface area contributed by atoms with Gasteiger partial charge in [-0.3, -0.25) is 4.79 Å². The van der Waals surface area contributed by atoms with E-state index >= 15 is 0 Å². The van der Waals surface area contributed by atoms with Crippen molar-refractivity contribution in [1.29, 1.82) is 0 Å². The second-order valence-corrected chi connectivity index (χ2v) is 5.25. The van der Waals surface area contributed by atoms with E-state index in [0.717, 1.165) is 25.1 Å². The van der Waals surface area contributed by atoms with Crippen molar-refractivity contribution < 1.29 is 13.6 Å². The Bertz CT molecular complexity index is 446. The lowest BCUT2D eigenvalue weighted by atomic mass is 10.3. The Balaban J connectivity index is 2.26. The molecule has 0 saturated carbocycles. The van der Waals surface area contributed by atoms with Gasteiger partial charge in [-0.15, -0.1) is 0 Å². The van der Waals surface area contributed by atoms with E-state index in [-0.39, 0.29) is 6.54 Å². The summed E-state index contributed by atoms with van der Waals surface area (Å²) in [5.74, 6) is -2.01. The third-order valence-electron chi connectivity index (χ3n) is 3.26. The van der Waals surface area contributed by atoms with E-state index in [1.807, 2.05) is 7.05 Å². The number of carbonyl (C=O) groups excluding carboxylic acids is 1. The van der Waals surface area contributed by atoms with Crippen molar-refractivity contribution in [1.82, 2.24) is 10.2 Å². The Hall–Kier alpha value is -1.53. The molecule has 0 unspecified atom stereocenters. The van der Waals surface area contributed by atoms with Crippen LogP contribution in [0, 0.1) is 11.6 Å². The van der Waals surface area contributed by atoms with Crippen LogP contribution < -0.4 is 10.6 Å². The molecule has 0 aromatic heterocycles. The summed E-state index contributed by atoms with van der Waals surface area (Å²) in [6.07, 6.45) is 0.899. The minimum absolute atomic E-state index is 0.0270. The Morgan fingerprint density at radius 1 is 1.29 bits per heavy atom. The molecule has 0 spiro atoms. The van der Waals surface area contributed by atoms with Crippen molar-refractivity contribution in [2.75, 3.05) is 32.0 Å². The van der Waals surface area contributed by atoms with Gasteiger partial charge >= 0.3 is 0 Å². The summed E-state index contributed by atoms with van der Waals surface area (Å²) >= 11 is 0. The fourth-order valence-electron chi connectivity index (χ4n) is 1.71. The van der Waals surface area contributed by atoms with Gasteiger partial charge in [0.2, 0.25) is 5.91 Å². The molecule has 4 nitrogen and oxygen atoms in total. The SMILES string of the molecule is CC(C)N(C)CCCNCC(=O)Nc1c(F)cccc1F. The van der Waals surface area contributed by atoms with Gasteiger partial charge in [0.1, 0.15) is 17.3 Å². The van der Waals surface area contributed by atoms with Crippen LogP contribution in [-0.4, -0.2) is 43.5 Å². The van der Waals surface area contributed by atoms with Crippen LogP contribution in [0.4, 0.5) is 14.5 Å². The van der Waals surface area contributed by atoms with Crippen molar-refractivity contribution in [3.8, 4) is 0 Å². The molecule has 6 heteroatoms. The molecule has 0 heterocycles. The highest BCUT2D eigenvalue weighted by atomic mass is 19.1. The fourth-order valence-corrected chi connectivity index (χ4v) is 1.71. The molecule has 0 fully saturated rings. The average molecular weight is 299 g/mol. The predicted molar refractivity (Wildman–Crippen MR) is 80.2 cm³/mol. The Kier molecular flexibility index (Phi) is 7.25. The molecule has 2 N–H and O–H groups in total. The fraction of sp³-hybridized carbons (Fsp3) is 0.533. The molecule has 0 aliphatic rings. The molecule has 0 radical (unpaired) electrons. The number of halogens is 2. The van der Waals surface area contributed by atoms with Gasteiger partial charge in [-0.05, 0) is 52.5 Å². The largest absolute Gasteiger partial charge is 0.320 e. The summed E-state index contributed by atoms with van der Waals surface area (Å²) < 4.78 is 26.7. The van der Waals surface area contributed by atoms with Gasteiger partial charge in [-0.2, -0.15) is 0 Å². The van der Waals surface area contributed by atoms with Gasteiger partial charge in [0.05, 0.1) is 6.54 Å². The van der Waals surface area contributed by atoms with Gasteiger partial charge in [0.15, 0.2) is 0 Å². The van der Waals surface area contributed by atoms with Crippen LogP contribution in [0.2, 0.25) is 0 Å².